The Kier molecular flexibility index (Phi) is 8.25. The summed E-state index contributed by atoms with van der Waals surface area (Å²) in [6.07, 6.45) is 6.70. The van der Waals surface area contributed by atoms with Crippen molar-refractivity contribution in [3.8, 4) is 0 Å². The second-order valence-electron chi connectivity index (χ2n) is 4.38. The Morgan fingerprint density at radius 2 is 1.95 bits per heavy atom. The summed E-state index contributed by atoms with van der Waals surface area (Å²) in [7, 11) is 0. The number of aromatic nitrogens is 2. The standard InChI is InChI=1S/C13H23ClN4O/c1-2-7-16-13-17-10-11(14)12(18-13)15-8-5-3-4-6-9-19/h10,19H,2-9H2,1H3,(H2,15,16,17,18). The van der Waals surface area contributed by atoms with Gasteiger partial charge in [-0.3, -0.25) is 0 Å². The van der Waals surface area contributed by atoms with Crippen molar-refractivity contribution in [2.24, 2.45) is 0 Å². The topological polar surface area (TPSA) is 70.1 Å². The highest BCUT2D eigenvalue weighted by Crippen LogP contribution is 2.19. The highest BCUT2D eigenvalue weighted by Gasteiger charge is 2.04. The Bertz CT molecular complexity index is 362. The van der Waals surface area contributed by atoms with Gasteiger partial charge < -0.3 is 15.7 Å². The molecule has 0 radical (unpaired) electrons. The molecule has 0 saturated carbocycles. The predicted octanol–water partition coefficient (Wildman–Crippen LogP) is 2.92. The van der Waals surface area contributed by atoms with E-state index in [4.69, 9.17) is 16.7 Å². The number of nitrogens with zero attached hydrogens (tertiary/aromatic N) is 2. The number of aliphatic hydroxyl groups excluding tert-OH is 1. The molecule has 19 heavy (non-hydrogen) atoms. The number of halogens is 1. The zero-order chi connectivity index (χ0) is 13.9. The average Bonchev–Trinajstić information content (AvgIpc) is 2.43. The lowest BCUT2D eigenvalue weighted by Crippen LogP contribution is -2.08. The van der Waals surface area contributed by atoms with E-state index in [1.165, 1.54) is 0 Å². The SMILES string of the molecule is CCCNc1ncc(Cl)c(NCCCCCCO)n1. The van der Waals surface area contributed by atoms with Gasteiger partial charge in [-0.1, -0.05) is 31.4 Å². The van der Waals surface area contributed by atoms with Crippen molar-refractivity contribution >= 4 is 23.4 Å². The van der Waals surface area contributed by atoms with Crippen molar-refractivity contribution in [1.29, 1.82) is 0 Å². The molecular formula is C13H23ClN4O. The third kappa shape index (κ3) is 6.59. The molecule has 1 aromatic rings. The van der Waals surface area contributed by atoms with Crippen molar-refractivity contribution < 1.29 is 5.11 Å². The lowest BCUT2D eigenvalue weighted by molar-refractivity contribution is 0.283. The second-order valence-corrected chi connectivity index (χ2v) is 4.79. The van der Waals surface area contributed by atoms with Crippen LogP contribution in [0.15, 0.2) is 6.20 Å². The van der Waals surface area contributed by atoms with Crippen molar-refractivity contribution in [2.45, 2.75) is 39.0 Å². The van der Waals surface area contributed by atoms with Gasteiger partial charge in [0.05, 0.1) is 6.20 Å². The van der Waals surface area contributed by atoms with Gasteiger partial charge in [0.25, 0.3) is 0 Å². The fourth-order valence-electron chi connectivity index (χ4n) is 1.61. The highest BCUT2D eigenvalue weighted by atomic mass is 35.5. The van der Waals surface area contributed by atoms with Crippen LogP contribution in [-0.2, 0) is 0 Å². The van der Waals surface area contributed by atoms with E-state index in [9.17, 15) is 0 Å². The molecule has 0 spiro atoms. The normalized spacial score (nSPS) is 10.5. The lowest BCUT2D eigenvalue weighted by atomic mass is 10.2. The number of hydrogen-bond acceptors (Lipinski definition) is 5. The fourth-order valence-corrected chi connectivity index (χ4v) is 1.77. The molecule has 0 aromatic carbocycles. The van der Waals surface area contributed by atoms with Gasteiger partial charge in [-0.15, -0.1) is 0 Å². The molecule has 0 aliphatic heterocycles. The van der Waals surface area contributed by atoms with Crippen LogP contribution in [0.3, 0.4) is 0 Å². The largest absolute Gasteiger partial charge is 0.396 e. The maximum atomic E-state index is 8.68. The van der Waals surface area contributed by atoms with Gasteiger partial charge in [-0.2, -0.15) is 4.98 Å². The zero-order valence-electron chi connectivity index (χ0n) is 11.5. The maximum Gasteiger partial charge on any atom is 0.224 e. The molecule has 0 amide bonds. The monoisotopic (exact) mass is 286 g/mol. The molecule has 1 aromatic heterocycles. The number of anilines is 2. The van der Waals surface area contributed by atoms with E-state index in [1.54, 1.807) is 6.20 Å². The number of aliphatic hydroxyl groups is 1. The molecule has 0 saturated heterocycles. The van der Waals surface area contributed by atoms with Crippen molar-refractivity contribution in [2.75, 3.05) is 30.3 Å². The van der Waals surface area contributed by atoms with E-state index >= 15 is 0 Å². The summed E-state index contributed by atoms with van der Waals surface area (Å²) >= 11 is 6.04. The van der Waals surface area contributed by atoms with Crippen molar-refractivity contribution in [3.05, 3.63) is 11.2 Å². The number of nitrogens with one attached hydrogen (secondary N) is 2. The van der Waals surface area contributed by atoms with Gasteiger partial charge in [-0.25, -0.2) is 4.98 Å². The first-order chi connectivity index (χ1) is 9.27. The fraction of sp³-hybridized carbons (Fsp3) is 0.692. The van der Waals surface area contributed by atoms with Crippen LogP contribution < -0.4 is 10.6 Å². The minimum Gasteiger partial charge on any atom is -0.396 e. The molecule has 6 heteroatoms. The molecule has 0 unspecified atom stereocenters. The Morgan fingerprint density at radius 3 is 2.68 bits per heavy atom. The molecular weight excluding hydrogens is 264 g/mol. The van der Waals surface area contributed by atoms with Crippen LogP contribution in [0.4, 0.5) is 11.8 Å². The second kappa shape index (κ2) is 9.81. The third-order valence-corrected chi connectivity index (χ3v) is 2.93. The Hall–Kier alpha value is -1.07. The molecule has 0 atom stereocenters. The summed E-state index contributed by atoms with van der Waals surface area (Å²) in [5.41, 5.74) is 0. The quantitative estimate of drug-likeness (QED) is 0.577. The summed E-state index contributed by atoms with van der Waals surface area (Å²) in [4.78, 5) is 8.46. The van der Waals surface area contributed by atoms with E-state index < -0.39 is 0 Å². The van der Waals surface area contributed by atoms with E-state index in [1.807, 2.05) is 0 Å². The third-order valence-electron chi connectivity index (χ3n) is 2.65. The summed E-state index contributed by atoms with van der Waals surface area (Å²) in [6.45, 7) is 4.05. The average molecular weight is 287 g/mol. The van der Waals surface area contributed by atoms with Gasteiger partial charge in [0.2, 0.25) is 5.95 Å². The Labute approximate surface area is 119 Å². The molecule has 1 rings (SSSR count). The van der Waals surface area contributed by atoms with Gasteiger partial charge in [0, 0.05) is 19.7 Å². The Balaban J connectivity index is 2.34. The molecule has 3 N–H and O–H groups in total. The number of rotatable bonds is 10. The summed E-state index contributed by atoms with van der Waals surface area (Å²) in [5, 5.41) is 15.6. The minimum absolute atomic E-state index is 0.275. The minimum atomic E-state index is 0.275. The summed E-state index contributed by atoms with van der Waals surface area (Å²) in [5.74, 6) is 1.28. The molecule has 0 aliphatic carbocycles. The molecule has 108 valence electrons. The van der Waals surface area contributed by atoms with Gasteiger partial charge in [0.1, 0.15) is 10.8 Å². The van der Waals surface area contributed by atoms with Crippen LogP contribution >= 0.6 is 11.6 Å². The van der Waals surface area contributed by atoms with Crippen LogP contribution in [-0.4, -0.2) is 34.8 Å². The van der Waals surface area contributed by atoms with E-state index in [0.717, 1.165) is 45.2 Å². The first-order valence-corrected chi connectivity index (χ1v) is 7.27. The smallest absolute Gasteiger partial charge is 0.224 e. The molecule has 1 heterocycles. The Morgan fingerprint density at radius 1 is 1.16 bits per heavy atom. The van der Waals surface area contributed by atoms with Crippen LogP contribution in [0.2, 0.25) is 5.02 Å². The van der Waals surface area contributed by atoms with E-state index in [0.29, 0.717) is 16.8 Å². The number of hydrogen-bond donors (Lipinski definition) is 3. The lowest BCUT2D eigenvalue weighted by Gasteiger charge is -2.09. The van der Waals surface area contributed by atoms with Gasteiger partial charge in [-0.05, 0) is 19.3 Å². The zero-order valence-corrected chi connectivity index (χ0v) is 12.2. The highest BCUT2D eigenvalue weighted by molar-refractivity contribution is 6.32. The molecule has 0 fully saturated rings. The van der Waals surface area contributed by atoms with Crippen molar-refractivity contribution in [3.63, 3.8) is 0 Å². The first-order valence-electron chi connectivity index (χ1n) is 6.89. The van der Waals surface area contributed by atoms with Gasteiger partial charge in [0.15, 0.2) is 0 Å². The maximum absolute atomic E-state index is 8.68. The van der Waals surface area contributed by atoms with Crippen LogP contribution in [0.1, 0.15) is 39.0 Å². The van der Waals surface area contributed by atoms with Gasteiger partial charge >= 0.3 is 0 Å². The molecule has 0 aliphatic rings. The van der Waals surface area contributed by atoms with E-state index in [-0.39, 0.29) is 6.61 Å². The first kappa shape index (κ1) is 16.0. The summed E-state index contributed by atoms with van der Waals surface area (Å²) < 4.78 is 0. The molecule has 5 nitrogen and oxygen atoms in total. The predicted molar refractivity (Wildman–Crippen MR) is 79.9 cm³/mol. The van der Waals surface area contributed by atoms with Crippen LogP contribution in [0, 0.1) is 0 Å². The van der Waals surface area contributed by atoms with Crippen LogP contribution in [0.5, 0.6) is 0 Å². The van der Waals surface area contributed by atoms with E-state index in [2.05, 4.69) is 27.5 Å². The number of unbranched alkanes of at least 4 members (excludes halogenated alkanes) is 3. The molecule has 0 bridgehead atoms. The summed E-state index contributed by atoms with van der Waals surface area (Å²) in [6, 6.07) is 0. The van der Waals surface area contributed by atoms with Crippen molar-refractivity contribution in [1.82, 2.24) is 9.97 Å². The van der Waals surface area contributed by atoms with Crippen LogP contribution in [0.25, 0.3) is 0 Å².